The molecule has 0 unspecified atom stereocenters. The van der Waals surface area contributed by atoms with Gasteiger partial charge in [-0.05, 0) is 49.5 Å². The summed E-state index contributed by atoms with van der Waals surface area (Å²) in [5, 5.41) is 9.32. The number of hydrogen-bond acceptors (Lipinski definition) is 3. The fourth-order valence-electron chi connectivity index (χ4n) is 2.43. The molecule has 27 heavy (non-hydrogen) atoms. The minimum absolute atomic E-state index is 0. The van der Waals surface area contributed by atoms with Gasteiger partial charge in [0.15, 0.2) is 5.78 Å². The molecule has 1 heterocycles. The first kappa shape index (κ1) is 22.7. The van der Waals surface area contributed by atoms with Crippen LogP contribution in [0.2, 0.25) is 0 Å². The van der Waals surface area contributed by atoms with E-state index in [1.165, 1.54) is 26.0 Å². The molecular weight excluding hydrogens is 521 g/mol. The fraction of sp³-hybridized carbons (Fsp3) is 0.182. The molecule has 1 N–H and O–H groups in total. The number of hydrogen-bond donors (Lipinski definition) is 1. The molecule has 0 bridgehead atoms. The van der Waals surface area contributed by atoms with Gasteiger partial charge in [-0.3, -0.25) is 9.78 Å². The van der Waals surface area contributed by atoms with Gasteiger partial charge in [0.25, 0.3) is 0 Å². The number of aryl methyl sites for hydroxylation is 2. The van der Waals surface area contributed by atoms with Crippen LogP contribution in [0.15, 0.2) is 54.3 Å². The van der Waals surface area contributed by atoms with Gasteiger partial charge in [0, 0.05) is 26.2 Å². The van der Waals surface area contributed by atoms with Crippen molar-refractivity contribution in [2.24, 2.45) is 0 Å². The van der Waals surface area contributed by atoms with Crippen molar-refractivity contribution in [3.63, 3.8) is 0 Å². The van der Waals surface area contributed by atoms with Crippen molar-refractivity contribution in [3.8, 4) is 11.3 Å². The molecule has 1 aromatic heterocycles. The molecule has 0 atom stereocenters. The third-order valence-electron chi connectivity index (χ3n) is 3.61. The summed E-state index contributed by atoms with van der Waals surface area (Å²) in [6.45, 7) is 6.64. The molecule has 0 amide bonds. The molecule has 0 aliphatic heterocycles. The summed E-state index contributed by atoms with van der Waals surface area (Å²) < 4.78 is 13.6. The van der Waals surface area contributed by atoms with Crippen molar-refractivity contribution >= 4 is 16.7 Å². The second-order valence-corrected chi connectivity index (χ2v) is 6.17. The Labute approximate surface area is 172 Å². The molecule has 0 spiro atoms. The number of carbonyl (C=O) groups excluding carboxylic acids is 1. The largest absolute Gasteiger partial charge is 0.512 e. The van der Waals surface area contributed by atoms with E-state index >= 15 is 0 Å². The Balaban J connectivity index is 0.000000395. The number of benzene rings is 2. The quantitative estimate of drug-likeness (QED) is 0.265. The molecule has 0 saturated heterocycles. The number of allylic oxidation sites excluding steroid dienone is 2. The number of halogens is 1. The van der Waals surface area contributed by atoms with E-state index in [0.29, 0.717) is 11.1 Å². The van der Waals surface area contributed by atoms with E-state index < -0.39 is 0 Å². The summed E-state index contributed by atoms with van der Waals surface area (Å²) in [7, 11) is 0. The maximum absolute atomic E-state index is 13.6. The van der Waals surface area contributed by atoms with E-state index in [0.717, 1.165) is 22.2 Å². The molecule has 0 fully saturated rings. The number of rotatable bonds is 2. The summed E-state index contributed by atoms with van der Waals surface area (Å²) >= 11 is 0. The molecule has 1 radical (unpaired) electrons. The zero-order chi connectivity index (χ0) is 19.3. The Bertz CT molecular complexity index is 979. The maximum Gasteiger partial charge on any atom is 0.155 e. The van der Waals surface area contributed by atoms with Gasteiger partial charge in [-0.25, -0.2) is 4.39 Å². The van der Waals surface area contributed by atoms with Gasteiger partial charge in [0.05, 0.1) is 11.3 Å². The topological polar surface area (TPSA) is 50.2 Å². The van der Waals surface area contributed by atoms with Gasteiger partial charge in [-0.1, -0.05) is 19.1 Å². The SMILES string of the molecule is CC(=O)/C=C(/C)O.Cc1cc[c-]c(-c2ccc3cc(C)c(F)cc3n2)c1.[Ir]. The first-order chi connectivity index (χ1) is 12.3. The third kappa shape index (κ3) is 6.70. The average Bonchev–Trinajstić information content (AvgIpc) is 2.55. The molecular formula is C22H21FIrNO2-. The summed E-state index contributed by atoms with van der Waals surface area (Å²) in [6, 6.07) is 16.3. The molecule has 0 saturated carbocycles. The van der Waals surface area contributed by atoms with Crippen LogP contribution in [0.3, 0.4) is 0 Å². The van der Waals surface area contributed by atoms with Crippen LogP contribution < -0.4 is 0 Å². The smallest absolute Gasteiger partial charge is 0.155 e. The van der Waals surface area contributed by atoms with E-state index in [9.17, 15) is 9.18 Å². The number of ketones is 1. The van der Waals surface area contributed by atoms with Gasteiger partial charge in [0.1, 0.15) is 5.82 Å². The van der Waals surface area contributed by atoms with Gasteiger partial charge in [0.2, 0.25) is 0 Å². The van der Waals surface area contributed by atoms with Crippen LogP contribution in [0.4, 0.5) is 4.39 Å². The first-order valence-corrected chi connectivity index (χ1v) is 8.19. The Hall–Kier alpha value is -2.36. The van der Waals surface area contributed by atoms with Crippen LogP contribution in [-0.4, -0.2) is 15.9 Å². The van der Waals surface area contributed by atoms with Gasteiger partial charge in [-0.2, -0.15) is 0 Å². The van der Waals surface area contributed by atoms with Crippen molar-refractivity contribution in [3.05, 3.63) is 77.3 Å². The second kappa shape index (κ2) is 10.1. The van der Waals surface area contributed by atoms with Crippen LogP contribution >= 0.6 is 0 Å². The fourth-order valence-corrected chi connectivity index (χ4v) is 2.43. The molecule has 0 aliphatic rings. The summed E-state index contributed by atoms with van der Waals surface area (Å²) in [4.78, 5) is 14.5. The molecule has 0 aliphatic carbocycles. The van der Waals surface area contributed by atoms with E-state index in [1.807, 2.05) is 43.3 Å². The van der Waals surface area contributed by atoms with Crippen LogP contribution in [0.1, 0.15) is 25.0 Å². The Kier molecular flexibility index (Phi) is 8.48. The monoisotopic (exact) mass is 543 g/mol. The molecule has 3 rings (SSSR count). The number of fused-ring (bicyclic) bond motifs is 1. The summed E-state index contributed by atoms with van der Waals surface area (Å²) in [6.07, 6.45) is 1.17. The van der Waals surface area contributed by atoms with E-state index in [1.54, 1.807) is 6.92 Å². The number of aliphatic hydroxyl groups is 1. The van der Waals surface area contributed by atoms with Crippen LogP contribution in [0, 0.1) is 25.7 Å². The minimum atomic E-state index is -0.217. The molecule has 143 valence electrons. The van der Waals surface area contributed by atoms with Gasteiger partial charge < -0.3 is 5.11 Å². The molecule has 3 aromatic rings. The zero-order valence-corrected chi connectivity index (χ0v) is 18.0. The minimum Gasteiger partial charge on any atom is -0.512 e. The predicted molar refractivity (Wildman–Crippen MR) is 103 cm³/mol. The molecule has 5 heteroatoms. The first-order valence-electron chi connectivity index (χ1n) is 8.19. The maximum atomic E-state index is 13.6. The van der Waals surface area contributed by atoms with Gasteiger partial charge in [-0.15, -0.1) is 35.4 Å². The average molecular weight is 543 g/mol. The predicted octanol–water partition coefficient (Wildman–Crippen LogP) is 5.49. The van der Waals surface area contributed by atoms with E-state index in [4.69, 9.17) is 5.11 Å². The van der Waals surface area contributed by atoms with E-state index in [2.05, 4.69) is 11.1 Å². The Morgan fingerprint density at radius 3 is 2.41 bits per heavy atom. The van der Waals surface area contributed by atoms with Crippen LogP contribution in [0.5, 0.6) is 0 Å². The number of nitrogens with zero attached hydrogens (tertiary/aromatic N) is 1. The third-order valence-corrected chi connectivity index (χ3v) is 3.61. The zero-order valence-electron chi connectivity index (χ0n) is 15.6. The Morgan fingerprint density at radius 1 is 1.15 bits per heavy atom. The standard InChI is InChI=1S/C17H13FN.C5H8O2.Ir/c1-11-4-3-5-13(8-11)16-7-6-14-9-12(2)15(18)10-17(14)19-16;1-4(6)3-5(2)7;/h3-4,6-10H,1-2H3;3,6H,1-2H3;/q-1;;/b;4-3-;. The number of carbonyl (C=O) groups is 1. The van der Waals surface area contributed by atoms with Crippen LogP contribution in [0.25, 0.3) is 22.2 Å². The number of aliphatic hydroxyl groups excluding tert-OH is 1. The van der Waals surface area contributed by atoms with Crippen molar-refractivity contribution in [2.75, 3.05) is 0 Å². The van der Waals surface area contributed by atoms with Crippen LogP contribution in [-0.2, 0) is 24.9 Å². The Morgan fingerprint density at radius 2 is 1.85 bits per heavy atom. The van der Waals surface area contributed by atoms with Crippen molar-refractivity contribution in [1.29, 1.82) is 0 Å². The number of aromatic nitrogens is 1. The van der Waals surface area contributed by atoms with Crippen molar-refractivity contribution in [1.82, 2.24) is 4.98 Å². The van der Waals surface area contributed by atoms with Crippen molar-refractivity contribution in [2.45, 2.75) is 27.7 Å². The van der Waals surface area contributed by atoms with Gasteiger partial charge >= 0.3 is 0 Å². The molecule has 2 aromatic carbocycles. The molecule has 3 nitrogen and oxygen atoms in total. The van der Waals surface area contributed by atoms with E-state index in [-0.39, 0.29) is 37.5 Å². The summed E-state index contributed by atoms with van der Waals surface area (Å²) in [5.41, 5.74) is 4.23. The summed E-state index contributed by atoms with van der Waals surface area (Å²) in [5.74, 6) is -0.280. The number of pyridine rings is 1. The second-order valence-electron chi connectivity index (χ2n) is 6.17. The van der Waals surface area contributed by atoms with Crippen molar-refractivity contribution < 1.29 is 34.4 Å². The normalized spacial score (nSPS) is 10.6.